The molecule has 1 unspecified atom stereocenters. The molecule has 2 heterocycles. The highest BCUT2D eigenvalue weighted by Crippen LogP contribution is 2.25. The standard InChI is InChI=1S/C12H22N2O4S2/c15-12(16)9-11-10-19-8-7-14(11)20(17,18)13-5-3-1-2-4-6-13/h11H,1-10H2,(H,15,16). The highest BCUT2D eigenvalue weighted by molar-refractivity contribution is 7.99. The van der Waals surface area contributed by atoms with E-state index in [0.717, 1.165) is 31.4 Å². The minimum absolute atomic E-state index is 0.111. The molecule has 2 fully saturated rings. The van der Waals surface area contributed by atoms with Crippen molar-refractivity contribution < 1.29 is 18.3 Å². The first-order valence-electron chi connectivity index (χ1n) is 7.08. The van der Waals surface area contributed by atoms with Crippen molar-refractivity contribution in [1.29, 1.82) is 0 Å². The molecular formula is C12H22N2O4S2. The lowest BCUT2D eigenvalue weighted by molar-refractivity contribution is -0.137. The van der Waals surface area contributed by atoms with E-state index in [9.17, 15) is 13.2 Å². The topological polar surface area (TPSA) is 77.9 Å². The van der Waals surface area contributed by atoms with Crippen LogP contribution in [0.4, 0.5) is 0 Å². The summed E-state index contributed by atoms with van der Waals surface area (Å²) in [6, 6.07) is -0.417. The highest BCUT2D eigenvalue weighted by Gasteiger charge is 2.37. The van der Waals surface area contributed by atoms with Gasteiger partial charge in [0.1, 0.15) is 0 Å². The Bertz CT molecular complexity index is 433. The number of hydrogen-bond acceptors (Lipinski definition) is 4. The van der Waals surface area contributed by atoms with Gasteiger partial charge in [-0.2, -0.15) is 28.8 Å². The van der Waals surface area contributed by atoms with E-state index in [1.807, 2.05) is 0 Å². The lowest BCUT2D eigenvalue weighted by atomic mass is 10.2. The van der Waals surface area contributed by atoms with Crippen LogP contribution >= 0.6 is 11.8 Å². The summed E-state index contributed by atoms with van der Waals surface area (Å²) in [4.78, 5) is 10.9. The van der Waals surface area contributed by atoms with E-state index in [-0.39, 0.29) is 6.42 Å². The van der Waals surface area contributed by atoms with Gasteiger partial charge in [0.15, 0.2) is 0 Å². The van der Waals surface area contributed by atoms with E-state index in [2.05, 4.69) is 0 Å². The van der Waals surface area contributed by atoms with E-state index in [0.29, 0.717) is 25.4 Å². The van der Waals surface area contributed by atoms with Crippen LogP contribution in [0.3, 0.4) is 0 Å². The van der Waals surface area contributed by atoms with Crippen LogP contribution in [0.2, 0.25) is 0 Å². The van der Waals surface area contributed by atoms with E-state index < -0.39 is 22.2 Å². The van der Waals surface area contributed by atoms with Crippen molar-refractivity contribution in [2.75, 3.05) is 31.1 Å². The summed E-state index contributed by atoms with van der Waals surface area (Å²) in [5.41, 5.74) is 0. The van der Waals surface area contributed by atoms with Crippen molar-refractivity contribution in [2.45, 2.75) is 38.1 Å². The molecule has 116 valence electrons. The first-order chi connectivity index (χ1) is 9.51. The van der Waals surface area contributed by atoms with Gasteiger partial charge in [0.05, 0.1) is 6.42 Å². The largest absolute Gasteiger partial charge is 0.481 e. The number of carboxylic acids is 1. The Labute approximate surface area is 124 Å². The van der Waals surface area contributed by atoms with Gasteiger partial charge < -0.3 is 5.11 Å². The Morgan fingerprint density at radius 1 is 1.15 bits per heavy atom. The van der Waals surface area contributed by atoms with Gasteiger partial charge in [0.2, 0.25) is 0 Å². The number of aliphatic carboxylic acids is 1. The van der Waals surface area contributed by atoms with Crippen LogP contribution in [-0.2, 0) is 15.0 Å². The maximum absolute atomic E-state index is 12.7. The highest BCUT2D eigenvalue weighted by atomic mass is 32.2. The maximum atomic E-state index is 12.7. The molecule has 2 aliphatic rings. The van der Waals surface area contributed by atoms with Gasteiger partial charge >= 0.3 is 5.97 Å². The van der Waals surface area contributed by atoms with Gasteiger partial charge in [0, 0.05) is 37.2 Å². The third-order valence-electron chi connectivity index (χ3n) is 3.77. The monoisotopic (exact) mass is 322 g/mol. The fraction of sp³-hybridized carbons (Fsp3) is 0.917. The summed E-state index contributed by atoms with van der Waals surface area (Å²) >= 11 is 1.63. The third-order valence-corrected chi connectivity index (χ3v) is 6.95. The Balaban J connectivity index is 2.13. The number of carboxylic acid groups (broad SMARTS) is 1. The normalized spacial score (nSPS) is 27.1. The zero-order chi connectivity index (χ0) is 14.6. The van der Waals surface area contributed by atoms with Gasteiger partial charge in [0.25, 0.3) is 10.2 Å². The summed E-state index contributed by atoms with van der Waals surface area (Å²) in [7, 11) is -3.51. The average Bonchev–Trinajstić information content (AvgIpc) is 2.67. The minimum Gasteiger partial charge on any atom is -0.481 e. The number of nitrogens with zero attached hydrogens (tertiary/aromatic N) is 2. The molecule has 0 aromatic heterocycles. The van der Waals surface area contributed by atoms with Crippen molar-refractivity contribution in [3.05, 3.63) is 0 Å². The van der Waals surface area contributed by atoms with Crippen molar-refractivity contribution >= 4 is 27.9 Å². The molecule has 0 aromatic rings. The molecule has 8 heteroatoms. The minimum atomic E-state index is -3.51. The van der Waals surface area contributed by atoms with E-state index in [1.165, 1.54) is 4.31 Å². The molecule has 0 aromatic carbocycles. The zero-order valence-corrected chi connectivity index (χ0v) is 13.2. The van der Waals surface area contributed by atoms with Crippen molar-refractivity contribution in [1.82, 2.24) is 8.61 Å². The lowest BCUT2D eigenvalue weighted by Crippen LogP contribution is -2.53. The van der Waals surface area contributed by atoms with Crippen LogP contribution in [0.5, 0.6) is 0 Å². The molecule has 0 amide bonds. The molecule has 0 spiro atoms. The van der Waals surface area contributed by atoms with Crippen molar-refractivity contribution in [2.24, 2.45) is 0 Å². The van der Waals surface area contributed by atoms with Gasteiger partial charge in [-0.25, -0.2) is 0 Å². The van der Waals surface area contributed by atoms with Crippen molar-refractivity contribution in [3.8, 4) is 0 Å². The summed E-state index contributed by atoms with van der Waals surface area (Å²) in [6.45, 7) is 1.54. The molecule has 2 aliphatic heterocycles. The predicted molar refractivity (Wildman–Crippen MR) is 79.0 cm³/mol. The molecule has 2 saturated heterocycles. The molecule has 20 heavy (non-hydrogen) atoms. The summed E-state index contributed by atoms with van der Waals surface area (Å²) in [5.74, 6) is 0.372. The Kier molecular flexibility index (Phi) is 5.71. The van der Waals surface area contributed by atoms with Crippen LogP contribution in [0, 0.1) is 0 Å². The molecule has 2 rings (SSSR count). The summed E-state index contributed by atoms with van der Waals surface area (Å²) in [6.07, 6.45) is 3.82. The van der Waals surface area contributed by atoms with Crippen molar-refractivity contribution in [3.63, 3.8) is 0 Å². The second kappa shape index (κ2) is 7.11. The quantitative estimate of drug-likeness (QED) is 0.835. The van der Waals surface area contributed by atoms with Crippen LogP contribution in [0.25, 0.3) is 0 Å². The Morgan fingerprint density at radius 2 is 1.80 bits per heavy atom. The van der Waals surface area contributed by atoms with E-state index in [4.69, 9.17) is 5.11 Å². The number of carbonyl (C=O) groups is 1. The molecule has 0 saturated carbocycles. The molecule has 0 bridgehead atoms. The van der Waals surface area contributed by atoms with E-state index >= 15 is 0 Å². The zero-order valence-electron chi connectivity index (χ0n) is 11.5. The first-order valence-corrected chi connectivity index (χ1v) is 9.63. The number of thioether (sulfide) groups is 1. The maximum Gasteiger partial charge on any atom is 0.305 e. The fourth-order valence-electron chi connectivity index (χ4n) is 2.73. The molecular weight excluding hydrogens is 300 g/mol. The SMILES string of the molecule is O=C(O)CC1CSCCN1S(=O)(=O)N1CCCCCC1. The van der Waals surface area contributed by atoms with Crippen LogP contribution < -0.4 is 0 Å². The van der Waals surface area contributed by atoms with Crippen LogP contribution in [0.15, 0.2) is 0 Å². The van der Waals surface area contributed by atoms with Gasteiger partial charge in [-0.05, 0) is 12.8 Å². The molecule has 6 nitrogen and oxygen atoms in total. The second-order valence-corrected chi connectivity index (χ2v) is 8.29. The number of rotatable bonds is 4. The van der Waals surface area contributed by atoms with Gasteiger partial charge in [-0.3, -0.25) is 4.79 Å². The average molecular weight is 322 g/mol. The van der Waals surface area contributed by atoms with Gasteiger partial charge in [-0.1, -0.05) is 12.8 Å². The second-order valence-electron chi connectivity index (χ2n) is 5.26. The smallest absolute Gasteiger partial charge is 0.305 e. The Hall–Kier alpha value is -0.310. The summed E-state index contributed by atoms with van der Waals surface area (Å²) in [5, 5.41) is 8.96. The predicted octanol–water partition coefficient (Wildman–Crippen LogP) is 0.999. The van der Waals surface area contributed by atoms with Gasteiger partial charge in [-0.15, -0.1) is 0 Å². The Morgan fingerprint density at radius 3 is 2.40 bits per heavy atom. The van der Waals surface area contributed by atoms with Crippen LogP contribution in [-0.4, -0.2) is 65.3 Å². The molecule has 0 radical (unpaired) electrons. The molecule has 1 N–H and O–H groups in total. The molecule has 1 atom stereocenters. The summed E-state index contributed by atoms with van der Waals surface area (Å²) < 4.78 is 28.4. The number of hydrogen-bond donors (Lipinski definition) is 1. The third kappa shape index (κ3) is 3.87. The lowest BCUT2D eigenvalue weighted by Gasteiger charge is -2.36. The van der Waals surface area contributed by atoms with E-state index in [1.54, 1.807) is 16.1 Å². The fourth-order valence-corrected chi connectivity index (χ4v) is 5.86. The first kappa shape index (κ1) is 16.1. The van der Waals surface area contributed by atoms with Crippen LogP contribution in [0.1, 0.15) is 32.1 Å². The molecule has 0 aliphatic carbocycles.